The highest BCUT2D eigenvalue weighted by molar-refractivity contribution is 5.16. The van der Waals surface area contributed by atoms with E-state index in [9.17, 15) is 5.53 Å². The lowest BCUT2D eigenvalue weighted by atomic mass is 10.0. The molecule has 29 heavy (non-hydrogen) atoms. The molecule has 2 fully saturated rings. The Bertz CT molecular complexity index is 632. The Morgan fingerprint density at radius 1 is 1.28 bits per heavy atom. The van der Waals surface area contributed by atoms with E-state index in [1.165, 1.54) is 0 Å². The van der Waals surface area contributed by atoms with Gasteiger partial charge in [-0.2, -0.15) is 0 Å². The summed E-state index contributed by atoms with van der Waals surface area (Å²) in [5.41, 5.74) is 10.4. The van der Waals surface area contributed by atoms with Crippen molar-refractivity contribution in [2.24, 2.45) is 5.11 Å². The van der Waals surface area contributed by atoms with E-state index < -0.39 is 0 Å². The summed E-state index contributed by atoms with van der Waals surface area (Å²) in [6, 6.07) is 9.85. The van der Waals surface area contributed by atoms with Crippen LogP contribution in [0.1, 0.15) is 24.8 Å². The maximum atomic E-state index is 9.22. The second kappa shape index (κ2) is 12.1. The van der Waals surface area contributed by atoms with Crippen LogP contribution in [-0.4, -0.2) is 75.9 Å². The van der Waals surface area contributed by atoms with Crippen LogP contribution in [0, 0.1) is 0 Å². The van der Waals surface area contributed by atoms with Crippen LogP contribution in [0.3, 0.4) is 0 Å². The maximum Gasteiger partial charge on any atom is 0.158 e. The van der Waals surface area contributed by atoms with Crippen molar-refractivity contribution < 1.29 is 14.2 Å². The largest absolute Gasteiger partial charge is 0.382 e. The standard InChI is InChI=1S/C21H33N5O3/c1-27-16-18-8-5-9-21(28-18)29-20(15-26-12-10-23-11-13-26)19(24-25-22)14-17-6-3-2-4-7-17/h2-4,6-7,18-21,23H,5,8-16H2,1H3/t18?,19-,20+,21?/m0/s1. The van der Waals surface area contributed by atoms with Gasteiger partial charge in [0.25, 0.3) is 0 Å². The van der Waals surface area contributed by atoms with Gasteiger partial charge in [0.1, 0.15) is 0 Å². The maximum absolute atomic E-state index is 9.22. The second-order valence-electron chi connectivity index (χ2n) is 7.76. The van der Waals surface area contributed by atoms with E-state index in [-0.39, 0.29) is 24.5 Å². The third kappa shape index (κ3) is 7.26. The van der Waals surface area contributed by atoms with Gasteiger partial charge in [-0.25, -0.2) is 0 Å². The third-order valence-corrected chi connectivity index (χ3v) is 5.55. The van der Waals surface area contributed by atoms with Gasteiger partial charge in [-0.1, -0.05) is 35.4 Å². The number of benzene rings is 1. The molecule has 0 radical (unpaired) electrons. The summed E-state index contributed by atoms with van der Waals surface area (Å²) >= 11 is 0. The minimum Gasteiger partial charge on any atom is -0.382 e. The van der Waals surface area contributed by atoms with E-state index in [1.807, 2.05) is 18.2 Å². The van der Waals surface area contributed by atoms with Gasteiger partial charge >= 0.3 is 0 Å². The quantitative estimate of drug-likeness (QED) is 0.368. The average Bonchev–Trinajstić information content (AvgIpc) is 2.75. The first kappa shape index (κ1) is 22.0. The Morgan fingerprint density at radius 2 is 2.07 bits per heavy atom. The Kier molecular flexibility index (Phi) is 9.21. The molecule has 1 N–H and O–H groups in total. The highest BCUT2D eigenvalue weighted by Gasteiger charge is 2.31. The van der Waals surface area contributed by atoms with Gasteiger partial charge in [-0.3, -0.25) is 4.90 Å². The number of methoxy groups -OCH3 is 1. The Labute approximate surface area is 173 Å². The molecule has 1 aromatic carbocycles. The first-order chi connectivity index (χ1) is 14.3. The van der Waals surface area contributed by atoms with Crippen LogP contribution in [0.5, 0.6) is 0 Å². The minimum atomic E-state index is -0.288. The van der Waals surface area contributed by atoms with Crippen LogP contribution in [0.2, 0.25) is 0 Å². The first-order valence-corrected chi connectivity index (χ1v) is 10.6. The number of piperazine rings is 1. The van der Waals surface area contributed by atoms with Crippen molar-refractivity contribution in [3.63, 3.8) is 0 Å². The SMILES string of the molecule is COCC1CCCC(O[C@H](CN2CCNCC2)[C@H](Cc2ccccc2)N=[N+]=[N-])O1. The number of ether oxygens (including phenoxy) is 3. The zero-order valence-electron chi connectivity index (χ0n) is 17.3. The summed E-state index contributed by atoms with van der Waals surface area (Å²) in [5.74, 6) is 0. The average molecular weight is 404 g/mol. The van der Waals surface area contributed by atoms with E-state index in [0.717, 1.165) is 57.5 Å². The molecule has 2 unspecified atom stereocenters. The fraction of sp³-hybridized carbons (Fsp3) is 0.714. The molecule has 0 amide bonds. The summed E-state index contributed by atoms with van der Waals surface area (Å²) in [5, 5.41) is 7.52. The van der Waals surface area contributed by atoms with E-state index in [2.05, 4.69) is 32.4 Å². The van der Waals surface area contributed by atoms with Crippen LogP contribution in [-0.2, 0) is 20.6 Å². The molecule has 0 bridgehead atoms. The molecule has 0 aromatic heterocycles. The molecule has 2 aliphatic heterocycles. The molecule has 3 rings (SSSR count). The number of nitrogens with one attached hydrogen (secondary N) is 1. The normalized spacial score (nSPS) is 25.1. The number of hydrogen-bond donors (Lipinski definition) is 1. The van der Waals surface area contributed by atoms with Gasteiger partial charge < -0.3 is 19.5 Å². The van der Waals surface area contributed by atoms with E-state index in [4.69, 9.17) is 14.2 Å². The minimum absolute atomic E-state index is 0.0608. The van der Waals surface area contributed by atoms with Gasteiger partial charge in [0.2, 0.25) is 0 Å². The Balaban J connectivity index is 1.71. The third-order valence-electron chi connectivity index (χ3n) is 5.55. The molecule has 8 heteroatoms. The molecule has 0 aliphatic carbocycles. The summed E-state index contributed by atoms with van der Waals surface area (Å²) in [6.07, 6.45) is 3.08. The van der Waals surface area contributed by atoms with Crippen molar-refractivity contribution >= 4 is 0 Å². The van der Waals surface area contributed by atoms with Crippen LogP contribution < -0.4 is 5.32 Å². The fourth-order valence-corrected chi connectivity index (χ4v) is 4.04. The van der Waals surface area contributed by atoms with Crippen molar-refractivity contribution in [1.82, 2.24) is 10.2 Å². The molecule has 2 saturated heterocycles. The van der Waals surface area contributed by atoms with Gasteiger partial charge in [-0.15, -0.1) is 0 Å². The predicted octanol–water partition coefficient (Wildman–Crippen LogP) is 2.74. The number of hydrogen-bond acceptors (Lipinski definition) is 6. The molecule has 2 aliphatic rings. The first-order valence-electron chi connectivity index (χ1n) is 10.6. The summed E-state index contributed by atoms with van der Waals surface area (Å²) in [6.45, 7) is 5.16. The van der Waals surface area contributed by atoms with Gasteiger partial charge in [-0.05, 0) is 36.8 Å². The zero-order chi connectivity index (χ0) is 20.3. The molecule has 0 spiro atoms. The number of rotatable bonds is 10. The molecule has 2 heterocycles. The van der Waals surface area contributed by atoms with Crippen molar-refractivity contribution in [1.29, 1.82) is 0 Å². The highest BCUT2D eigenvalue weighted by atomic mass is 16.7. The second-order valence-corrected chi connectivity index (χ2v) is 7.76. The van der Waals surface area contributed by atoms with Crippen LogP contribution in [0.4, 0.5) is 0 Å². The lowest BCUT2D eigenvalue weighted by Gasteiger charge is -2.37. The van der Waals surface area contributed by atoms with E-state index >= 15 is 0 Å². The summed E-state index contributed by atoms with van der Waals surface area (Å²) in [4.78, 5) is 5.51. The van der Waals surface area contributed by atoms with Gasteiger partial charge in [0.15, 0.2) is 6.29 Å². The van der Waals surface area contributed by atoms with E-state index in [0.29, 0.717) is 13.0 Å². The summed E-state index contributed by atoms with van der Waals surface area (Å²) < 4.78 is 17.8. The smallest absolute Gasteiger partial charge is 0.158 e. The molecular formula is C21H33N5O3. The van der Waals surface area contributed by atoms with Gasteiger partial charge in [0.05, 0.1) is 24.9 Å². The van der Waals surface area contributed by atoms with Crippen LogP contribution in [0.15, 0.2) is 35.4 Å². The van der Waals surface area contributed by atoms with Crippen LogP contribution in [0.25, 0.3) is 10.4 Å². The molecule has 1 aromatic rings. The monoisotopic (exact) mass is 403 g/mol. The molecule has 160 valence electrons. The number of nitrogens with zero attached hydrogens (tertiary/aromatic N) is 4. The fourth-order valence-electron chi connectivity index (χ4n) is 4.04. The molecule has 8 nitrogen and oxygen atoms in total. The topological polar surface area (TPSA) is 91.7 Å². The lowest BCUT2D eigenvalue weighted by molar-refractivity contribution is -0.227. The lowest BCUT2D eigenvalue weighted by Crippen LogP contribution is -2.50. The van der Waals surface area contributed by atoms with E-state index in [1.54, 1.807) is 7.11 Å². The predicted molar refractivity (Wildman–Crippen MR) is 112 cm³/mol. The van der Waals surface area contributed by atoms with Gasteiger partial charge in [0, 0.05) is 44.7 Å². The van der Waals surface area contributed by atoms with Crippen molar-refractivity contribution in [2.45, 2.75) is 50.2 Å². The van der Waals surface area contributed by atoms with Crippen molar-refractivity contribution in [3.05, 3.63) is 46.3 Å². The van der Waals surface area contributed by atoms with Crippen molar-refractivity contribution in [2.75, 3.05) is 46.4 Å². The molecule has 0 saturated carbocycles. The summed E-state index contributed by atoms with van der Waals surface area (Å²) in [7, 11) is 1.69. The molecular weight excluding hydrogens is 370 g/mol. The Hall–Kier alpha value is -1.67. The number of azide groups is 1. The molecule has 4 atom stereocenters. The van der Waals surface area contributed by atoms with Crippen molar-refractivity contribution in [3.8, 4) is 0 Å². The highest BCUT2D eigenvalue weighted by Crippen LogP contribution is 2.24. The Morgan fingerprint density at radius 3 is 2.79 bits per heavy atom. The zero-order valence-corrected chi connectivity index (χ0v) is 17.3. The van der Waals surface area contributed by atoms with Crippen LogP contribution >= 0.6 is 0 Å².